The Morgan fingerprint density at radius 2 is 1.78 bits per heavy atom. The summed E-state index contributed by atoms with van der Waals surface area (Å²) in [5.74, 6) is 2.10. The molecular formula is C22H28N4O. The van der Waals surface area contributed by atoms with Gasteiger partial charge >= 0.3 is 0 Å². The number of nitrogens with one attached hydrogen (secondary N) is 2. The molecule has 1 fully saturated rings. The van der Waals surface area contributed by atoms with Gasteiger partial charge in [-0.2, -0.15) is 0 Å². The minimum absolute atomic E-state index is 0.966. The van der Waals surface area contributed by atoms with Crippen molar-refractivity contribution in [1.29, 1.82) is 0 Å². The summed E-state index contributed by atoms with van der Waals surface area (Å²) < 4.78 is 5.50. The predicted molar refractivity (Wildman–Crippen MR) is 113 cm³/mol. The summed E-state index contributed by atoms with van der Waals surface area (Å²) in [6.07, 6.45) is 3.21. The molecule has 0 amide bonds. The fourth-order valence-corrected chi connectivity index (χ4v) is 3.84. The van der Waals surface area contributed by atoms with Crippen LogP contribution in [0, 0.1) is 0 Å². The molecule has 1 aliphatic heterocycles. The van der Waals surface area contributed by atoms with Gasteiger partial charge in [-0.25, -0.2) is 0 Å². The number of nitrogens with zero attached hydrogens (tertiary/aromatic N) is 2. The number of ether oxygens (including phenoxy) is 1. The summed E-state index contributed by atoms with van der Waals surface area (Å²) in [4.78, 5) is 8.33. The number of para-hydroxylation sites is 2. The third-order valence-corrected chi connectivity index (χ3v) is 5.35. The summed E-state index contributed by atoms with van der Waals surface area (Å²) in [6.45, 7) is 6.42. The number of benzene rings is 2. The van der Waals surface area contributed by atoms with Gasteiger partial charge in [-0.05, 0) is 25.1 Å². The number of hydrogen-bond acceptors (Lipinski definition) is 4. The average molecular weight is 364 g/mol. The number of anilines is 2. The Labute approximate surface area is 160 Å². The Bertz CT molecular complexity index is 867. The van der Waals surface area contributed by atoms with Gasteiger partial charge in [0.15, 0.2) is 0 Å². The van der Waals surface area contributed by atoms with Crippen LogP contribution in [0.15, 0.2) is 54.7 Å². The summed E-state index contributed by atoms with van der Waals surface area (Å²) in [5, 5.41) is 6.07. The van der Waals surface area contributed by atoms with Crippen molar-refractivity contribution in [2.45, 2.75) is 6.42 Å². The van der Waals surface area contributed by atoms with Crippen LogP contribution in [0.5, 0.6) is 5.75 Å². The van der Waals surface area contributed by atoms with Crippen LogP contribution in [-0.2, 0) is 0 Å². The van der Waals surface area contributed by atoms with Crippen molar-refractivity contribution >= 4 is 22.3 Å². The van der Waals surface area contributed by atoms with Crippen LogP contribution < -0.4 is 15.0 Å². The van der Waals surface area contributed by atoms with E-state index in [-0.39, 0.29) is 0 Å². The molecule has 0 atom stereocenters. The molecule has 2 N–H and O–H groups in total. The molecule has 5 nitrogen and oxygen atoms in total. The lowest BCUT2D eigenvalue weighted by Gasteiger charge is -2.36. The molecule has 0 unspecified atom stereocenters. The van der Waals surface area contributed by atoms with Crippen LogP contribution in [0.2, 0.25) is 0 Å². The van der Waals surface area contributed by atoms with E-state index in [1.54, 1.807) is 7.11 Å². The summed E-state index contributed by atoms with van der Waals surface area (Å²) in [5.41, 5.74) is 1.21. The predicted octanol–water partition coefficient (Wildman–Crippen LogP) is 3.80. The Morgan fingerprint density at radius 1 is 1.00 bits per heavy atom. The van der Waals surface area contributed by atoms with E-state index >= 15 is 0 Å². The molecule has 1 aliphatic rings. The quantitative estimate of drug-likeness (QED) is 0.626. The second kappa shape index (κ2) is 8.35. The highest BCUT2D eigenvalue weighted by atomic mass is 16.5. The number of fused-ring (bicyclic) bond motifs is 1. The molecular weight excluding hydrogens is 336 g/mol. The van der Waals surface area contributed by atoms with E-state index in [0.717, 1.165) is 57.3 Å². The molecule has 5 heteroatoms. The smallest absolute Gasteiger partial charge is 0.142 e. The Kier molecular flexibility index (Phi) is 5.49. The molecule has 0 bridgehead atoms. The van der Waals surface area contributed by atoms with Crippen LogP contribution in [0.3, 0.4) is 0 Å². The van der Waals surface area contributed by atoms with E-state index in [9.17, 15) is 0 Å². The second-order valence-corrected chi connectivity index (χ2v) is 7.03. The van der Waals surface area contributed by atoms with E-state index in [2.05, 4.69) is 62.7 Å². The lowest BCUT2D eigenvalue weighted by Crippen LogP contribution is -2.46. The van der Waals surface area contributed by atoms with Crippen molar-refractivity contribution in [1.82, 2.24) is 9.88 Å². The first-order chi connectivity index (χ1) is 13.3. The van der Waals surface area contributed by atoms with E-state index in [1.807, 2.05) is 12.1 Å². The van der Waals surface area contributed by atoms with Gasteiger partial charge < -0.3 is 19.9 Å². The zero-order valence-electron chi connectivity index (χ0n) is 15.9. The van der Waals surface area contributed by atoms with Gasteiger partial charge in [0.05, 0.1) is 12.8 Å². The maximum atomic E-state index is 5.50. The van der Waals surface area contributed by atoms with Crippen LogP contribution >= 0.6 is 0 Å². The van der Waals surface area contributed by atoms with Gasteiger partial charge in [-0.1, -0.05) is 36.4 Å². The number of piperazine rings is 1. The maximum absolute atomic E-state index is 5.50. The number of hydrogen-bond donors (Lipinski definition) is 2. The lowest BCUT2D eigenvalue weighted by atomic mass is 10.2. The van der Waals surface area contributed by atoms with Crippen molar-refractivity contribution in [3.05, 3.63) is 54.7 Å². The molecule has 0 spiro atoms. The molecule has 1 aromatic heterocycles. The SMILES string of the molecule is COc1ccccc1N1CCN(CCCNc2[nH]cc3ccccc23)CC1. The van der Waals surface area contributed by atoms with E-state index < -0.39 is 0 Å². The highest BCUT2D eigenvalue weighted by Crippen LogP contribution is 2.28. The van der Waals surface area contributed by atoms with E-state index in [4.69, 9.17) is 4.74 Å². The van der Waals surface area contributed by atoms with Crippen molar-refractivity contribution in [3.63, 3.8) is 0 Å². The number of rotatable bonds is 7. The first kappa shape index (κ1) is 17.7. The van der Waals surface area contributed by atoms with E-state index in [1.165, 1.54) is 16.5 Å². The largest absolute Gasteiger partial charge is 0.495 e. The molecule has 27 heavy (non-hydrogen) atoms. The molecule has 2 heterocycles. The minimum atomic E-state index is 0.966. The zero-order chi connectivity index (χ0) is 18.5. The van der Waals surface area contributed by atoms with Gasteiger partial charge in [0, 0.05) is 49.7 Å². The third kappa shape index (κ3) is 4.03. The molecule has 0 saturated carbocycles. The van der Waals surface area contributed by atoms with Crippen molar-refractivity contribution in [3.8, 4) is 5.75 Å². The summed E-state index contributed by atoms with van der Waals surface area (Å²) in [7, 11) is 1.75. The molecule has 0 radical (unpaired) electrons. The first-order valence-electron chi connectivity index (χ1n) is 9.75. The molecule has 1 saturated heterocycles. The molecule has 3 aromatic rings. The topological polar surface area (TPSA) is 43.5 Å². The number of methoxy groups -OCH3 is 1. The van der Waals surface area contributed by atoms with Gasteiger partial charge in [0.25, 0.3) is 0 Å². The van der Waals surface area contributed by atoms with Crippen molar-refractivity contribution in [2.24, 2.45) is 0 Å². The second-order valence-electron chi connectivity index (χ2n) is 7.03. The Balaban J connectivity index is 1.22. The van der Waals surface area contributed by atoms with E-state index in [0.29, 0.717) is 0 Å². The Morgan fingerprint density at radius 3 is 2.63 bits per heavy atom. The lowest BCUT2D eigenvalue weighted by molar-refractivity contribution is 0.256. The molecule has 2 aromatic carbocycles. The van der Waals surface area contributed by atoms with Gasteiger partial charge in [-0.15, -0.1) is 0 Å². The standard InChI is InChI=1S/C22H28N4O/c1-27-21-10-5-4-9-20(21)26-15-13-25(14-16-26)12-6-11-23-22-19-8-3-2-7-18(19)17-24-22/h2-5,7-10,17,23-24H,6,11-16H2,1H3. The fraction of sp³-hybridized carbons (Fsp3) is 0.364. The summed E-state index contributed by atoms with van der Waals surface area (Å²) >= 11 is 0. The average Bonchev–Trinajstić information content (AvgIpc) is 3.15. The molecule has 0 aliphatic carbocycles. The van der Waals surface area contributed by atoms with Crippen LogP contribution in [0.25, 0.3) is 10.8 Å². The van der Waals surface area contributed by atoms with Crippen LogP contribution in [0.1, 0.15) is 6.42 Å². The summed E-state index contributed by atoms with van der Waals surface area (Å²) in [6, 6.07) is 16.8. The van der Waals surface area contributed by atoms with Gasteiger partial charge in [-0.3, -0.25) is 4.90 Å². The molecule has 142 valence electrons. The van der Waals surface area contributed by atoms with Crippen molar-refractivity contribution < 1.29 is 4.74 Å². The van der Waals surface area contributed by atoms with Gasteiger partial charge in [0.1, 0.15) is 11.6 Å². The highest BCUT2D eigenvalue weighted by molar-refractivity contribution is 5.92. The monoisotopic (exact) mass is 364 g/mol. The van der Waals surface area contributed by atoms with Crippen LogP contribution in [0.4, 0.5) is 11.5 Å². The fourth-order valence-electron chi connectivity index (χ4n) is 3.84. The molecule has 4 rings (SSSR count). The number of aromatic amines is 1. The minimum Gasteiger partial charge on any atom is -0.495 e. The zero-order valence-corrected chi connectivity index (χ0v) is 15.9. The maximum Gasteiger partial charge on any atom is 0.142 e. The first-order valence-corrected chi connectivity index (χ1v) is 9.75. The van der Waals surface area contributed by atoms with Gasteiger partial charge in [0.2, 0.25) is 0 Å². The Hall–Kier alpha value is -2.66. The number of H-pyrrole nitrogens is 1. The highest BCUT2D eigenvalue weighted by Gasteiger charge is 2.19. The normalized spacial score (nSPS) is 15.2. The number of aromatic nitrogens is 1. The van der Waals surface area contributed by atoms with Crippen LogP contribution in [-0.4, -0.2) is 56.3 Å². The third-order valence-electron chi connectivity index (χ3n) is 5.35. The van der Waals surface area contributed by atoms with Crippen molar-refractivity contribution in [2.75, 3.05) is 56.6 Å².